The van der Waals surface area contributed by atoms with Gasteiger partial charge in [0.25, 0.3) is 0 Å². The smallest absolute Gasteiger partial charge is 0.399 e. The molecule has 4 aromatic rings. The van der Waals surface area contributed by atoms with Gasteiger partial charge in [0.15, 0.2) is 0 Å². The second-order valence-corrected chi connectivity index (χ2v) is 11.5. The minimum absolute atomic E-state index is 0.0506. The highest BCUT2D eigenvalue weighted by Gasteiger charge is 2.51. The zero-order chi connectivity index (χ0) is 24.2. The maximum Gasteiger partial charge on any atom is 0.494 e. The normalized spacial score (nSPS) is 25.6. The molecule has 4 heteroatoms. The Bertz CT molecular complexity index is 1560. The summed E-state index contributed by atoms with van der Waals surface area (Å²) in [6.45, 7) is 10.8. The summed E-state index contributed by atoms with van der Waals surface area (Å²) in [5, 5.41) is 2.66. The van der Waals surface area contributed by atoms with Crippen LogP contribution >= 0.6 is 0 Å². The number of benzene rings is 3. The Morgan fingerprint density at radius 1 is 0.771 bits per heavy atom. The van der Waals surface area contributed by atoms with Crippen molar-refractivity contribution in [2.45, 2.75) is 57.3 Å². The zero-order valence-electron chi connectivity index (χ0n) is 21.0. The maximum absolute atomic E-state index is 6.27. The van der Waals surface area contributed by atoms with E-state index in [1.807, 2.05) is 0 Å². The Kier molecular flexibility index (Phi) is 4.11. The standard InChI is InChI=1S/C31H30BNO2/c1-29(2)30(3,4)35-32(34-29)22-15-13-20(14-16-22)21-18-24-23-10-6-7-11-26(23)33-27-12-8-9-17-31(27,5)25(19-21)28(24)33/h6-19,27H,1-5H3/t27?,31-/m1/s1. The third-order valence-corrected chi connectivity index (χ3v) is 8.89. The van der Waals surface area contributed by atoms with Crippen LogP contribution in [-0.4, -0.2) is 22.9 Å². The van der Waals surface area contributed by atoms with Gasteiger partial charge >= 0.3 is 7.12 Å². The van der Waals surface area contributed by atoms with Crippen LogP contribution in [0, 0.1) is 0 Å². The molecule has 1 saturated heterocycles. The van der Waals surface area contributed by atoms with Gasteiger partial charge in [0, 0.05) is 21.7 Å². The van der Waals surface area contributed by atoms with Gasteiger partial charge in [-0.25, -0.2) is 0 Å². The van der Waals surface area contributed by atoms with E-state index in [2.05, 4.69) is 124 Å². The second-order valence-electron chi connectivity index (χ2n) is 11.5. The maximum atomic E-state index is 6.27. The van der Waals surface area contributed by atoms with Crippen LogP contribution in [0.1, 0.15) is 46.2 Å². The Morgan fingerprint density at radius 2 is 1.49 bits per heavy atom. The summed E-state index contributed by atoms with van der Waals surface area (Å²) in [5.74, 6) is 0. The first-order valence-corrected chi connectivity index (χ1v) is 12.6. The van der Waals surface area contributed by atoms with E-state index in [4.69, 9.17) is 9.31 Å². The van der Waals surface area contributed by atoms with Crippen LogP contribution in [0.4, 0.5) is 0 Å². The highest BCUT2D eigenvalue weighted by molar-refractivity contribution is 6.62. The molecule has 3 aliphatic rings. The van der Waals surface area contributed by atoms with Crippen molar-refractivity contribution in [1.82, 2.24) is 4.57 Å². The van der Waals surface area contributed by atoms with E-state index in [1.165, 1.54) is 38.5 Å². The number of para-hydroxylation sites is 1. The molecule has 35 heavy (non-hydrogen) atoms. The van der Waals surface area contributed by atoms with Crippen molar-refractivity contribution in [2.75, 3.05) is 0 Å². The number of aromatic nitrogens is 1. The summed E-state index contributed by atoms with van der Waals surface area (Å²) < 4.78 is 15.1. The number of rotatable bonds is 2. The summed E-state index contributed by atoms with van der Waals surface area (Å²) >= 11 is 0. The molecule has 174 valence electrons. The fourth-order valence-corrected chi connectivity index (χ4v) is 6.14. The molecule has 2 atom stereocenters. The van der Waals surface area contributed by atoms with Crippen LogP contribution in [-0.2, 0) is 14.7 Å². The third kappa shape index (κ3) is 2.75. The highest BCUT2D eigenvalue weighted by atomic mass is 16.7. The first-order chi connectivity index (χ1) is 16.7. The molecule has 1 unspecified atom stereocenters. The van der Waals surface area contributed by atoms with Crippen molar-refractivity contribution in [1.29, 1.82) is 0 Å². The SMILES string of the molecule is CC1(C)OB(c2ccc(-c3cc4c5c(c3)c3ccccc3n5C3C=CC=C[C@]43C)cc2)OC1(C)C. The Morgan fingerprint density at radius 3 is 2.23 bits per heavy atom. The van der Waals surface area contributed by atoms with E-state index in [1.54, 1.807) is 0 Å². The van der Waals surface area contributed by atoms with Gasteiger partial charge in [-0.05, 0) is 75.0 Å². The Balaban J connectivity index is 1.36. The number of fused-ring (bicyclic) bond motifs is 6. The van der Waals surface area contributed by atoms with Crippen LogP contribution in [0.3, 0.4) is 0 Å². The molecule has 1 aliphatic carbocycles. The molecular weight excluding hydrogens is 429 g/mol. The van der Waals surface area contributed by atoms with Crippen molar-refractivity contribution >= 4 is 34.4 Å². The highest BCUT2D eigenvalue weighted by Crippen LogP contribution is 2.53. The zero-order valence-corrected chi connectivity index (χ0v) is 21.0. The number of hydrogen-bond acceptors (Lipinski definition) is 2. The predicted molar refractivity (Wildman–Crippen MR) is 145 cm³/mol. The summed E-state index contributed by atoms with van der Waals surface area (Å²) in [6, 6.07) is 22.6. The summed E-state index contributed by atoms with van der Waals surface area (Å²) in [4.78, 5) is 0. The van der Waals surface area contributed by atoms with E-state index in [9.17, 15) is 0 Å². The summed E-state index contributed by atoms with van der Waals surface area (Å²) in [5.41, 5.74) is 6.87. The number of hydrogen-bond donors (Lipinski definition) is 0. The van der Waals surface area contributed by atoms with Crippen LogP contribution < -0.4 is 5.46 Å². The third-order valence-electron chi connectivity index (χ3n) is 8.89. The molecular formula is C31H30BNO2. The van der Waals surface area contributed by atoms with Gasteiger partial charge in [-0.15, -0.1) is 0 Å². The lowest BCUT2D eigenvalue weighted by Gasteiger charge is -2.32. The molecule has 0 radical (unpaired) electrons. The van der Waals surface area contributed by atoms with Gasteiger partial charge < -0.3 is 13.9 Å². The van der Waals surface area contributed by atoms with Crippen molar-refractivity contribution in [2.24, 2.45) is 0 Å². The quantitative estimate of drug-likeness (QED) is 0.312. The largest absolute Gasteiger partial charge is 0.494 e. The topological polar surface area (TPSA) is 23.4 Å². The minimum atomic E-state index is -0.342. The first-order valence-electron chi connectivity index (χ1n) is 12.6. The van der Waals surface area contributed by atoms with E-state index in [0.717, 1.165) is 5.46 Å². The van der Waals surface area contributed by atoms with Crippen molar-refractivity contribution < 1.29 is 9.31 Å². The molecule has 3 aromatic carbocycles. The molecule has 2 aliphatic heterocycles. The molecule has 0 amide bonds. The fourth-order valence-electron chi connectivity index (χ4n) is 6.14. The van der Waals surface area contributed by atoms with Gasteiger partial charge in [-0.3, -0.25) is 0 Å². The lowest BCUT2D eigenvalue weighted by molar-refractivity contribution is 0.00578. The first kappa shape index (κ1) is 21.2. The van der Waals surface area contributed by atoms with Crippen LogP contribution in [0.2, 0.25) is 0 Å². The monoisotopic (exact) mass is 459 g/mol. The van der Waals surface area contributed by atoms with E-state index < -0.39 is 0 Å². The van der Waals surface area contributed by atoms with Gasteiger partial charge in [0.2, 0.25) is 0 Å². The molecule has 3 nitrogen and oxygen atoms in total. The summed E-state index contributed by atoms with van der Waals surface area (Å²) in [7, 11) is -0.342. The second kappa shape index (κ2) is 6.78. The molecule has 1 fully saturated rings. The van der Waals surface area contributed by atoms with Gasteiger partial charge in [0.05, 0.1) is 22.8 Å². The van der Waals surface area contributed by atoms with Crippen molar-refractivity contribution in [3.8, 4) is 11.1 Å². The molecule has 0 bridgehead atoms. The van der Waals surface area contributed by atoms with Crippen molar-refractivity contribution in [3.63, 3.8) is 0 Å². The van der Waals surface area contributed by atoms with Crippen molar-refractivity contribution in [3.05, 3.63) is 90.5 Å². The lowest BCUT2D eigenvalue weighted by Crippen LogP contribution is -2.41. The number of allylic oxidation sites excluding steroid dienone is 4. The van der Waals surface area contributed by atoms with Gasteiger partial charge in [0.1, 0.15) is 0 Å². The van der Waals surface area contributed by atoms with E-state index >= 15 is 0 Å². The molecule has 1 aromatic heterocycles. The molecule has 0 N–H and O–H groups in total. The lowest BCUT2D eigenvalue weighted by atomic mass is 9.74. The van der Waals surface area contributed by atoms with Crippen LogP contribution in [0.5, 0.6) is 0 Å². The molecule has 7 rings (SSSR count). The van der Waals surface area contributed by atoms with E-state index in [0.29, 0.717) is 6.04 Å². The Hall–Kier alpha value is -3.08. The average molecular weight is 459 g/mol. The van der Waals surface area contributed by atoms with Gasteiger partial charge in [-0.2, -0.15) is 0 Å². The van der Waals surface area contributed by atoms with E-state index in [-0.39, 0.29) is 23.7 Å². The van der Waals surface area contributed by atoms with Crippen LogP contribution in [0.15, 0.2) is 85.0 Å². The predicted octanol–water partition coefficient (Wildman–Crippen LogP) is 6.70. The molecule has 3 heterocycles. The van der Waals surface area contributed by atoms with Crippen LogP contribution in [0.25, 0.3) is 32.9 Å². The molecule has 0 saturated carbocycles. The number of nitrogens with zero attached hydrogens (tertiary/aromatic N) is 1. The van der Waals surface area contributed by atoms with Gasteiger partial charge in [-0.1, -0.05) is 66.8 Å². The fraction of sp³-hybridized carbons (Fsp3) is 0.290. The average Bonchev–Trinajstić information content (AvgIpc) is 3.39. The molecule has 0 spiro atoms. The Labute approximate surface area is 207 Å². The summed E-state index contributed by atoms with van der Waals surface area (Å²) in [6.07, 6.45) is 9.11. The minimum Gasteiger partial charge on any atom is -0.399 e.